The zero-order valence-electron chi connectivity index (χ0n) is 17.6. The van der Waals surface area contributed by atoms with Gasteiger partial charge in [0.2, 0.25) is 0 Å². The molecule has 2 fully saturated rings. The molecule has 7 heteroatoms. The predicted molar refractivity (Wildman–Crippen MR) is 128 cm³/mol. The van der Waals surface area contributed by atoms with Crippen molar-refractivity contribution in [3.05, 3.63) is 51.6 Å². The lowest BCUT2D eigenvalue weighted by atomic mass is 10.0. The lowest BCUT2D eigenvalue weighted by Crippen LogP contribution is -2.44. The molecule has 3 aliphatic heterocycles. The van der Waals surface area contributed by atoms with Crippen LogP contribution in [0.25, 0.3) is 6.08 Å². The van der Waals surface area contributed by atoms with Crippen LogP contribution in [0.4, 0.5) is 11.5 Å². The maximum Gasteiger partial charge on any atom is 0.158 e. The Kier molecular flexibility index (Phi) is 6.00. The Balaban J connectivity index is 1.38. The molecule has 0 saturated carbocycles. The minimum absolute atomic E-state index is 0.211. The van der Waals surface area contributed by atoms with Crippen LogP contribution in [0, 0.1) is 0 Å². The maximum absolute atomic E-state index is 10.7. The monoisotopic (exact) mass is 458 g/mol. The van der Waals surface area contributed by atoms with Gasteiger partial charge in [-0.15, -0.1) is 0 Å². The van der Waals surface area contributed by atoms with Crippen molar-refractivity contribution in [3.63, 3.8) is 0 Å². The number of hydrogen-bond acceptors (Lipinski definition) is 5. The first-order valence-corrected chi connectivity index (χ1v) is 11.9. The van der Waals surface area contributed by atoms with Crippen molar-refractivity contribution in [1.82, 2.24) is 9.88 Å². The number of rotatable bonds is 4. The van der Waals surface area contributed by atoms with Crippen molar-refractivity contribution < 1.29 is 5.11 Å². The van der Waals surface area contributed by atoms with Crippen molar-refractivity contribution in [3.8, 4) is 5.75 Å². The minimum Gasteiger partial charge on any atom is -0.504 e. The number of piperidine rings is 1. The topological polar surface area (TPSA) is 42.8 Å². The number of aromatic nitrogens is 1. The second-order valence-corrected chi connectivity index (χ2v) is 9.62. The Hall–Kier alpha value is -1.95. The Bertz CT molecular complexity index is 962. The number of halogens is 2. The van der Waals surface area contributed by atoms with E-state index in [0.717, 1.165) is 35.7 Å². The number of nitrogens with zero attached hydrogens (tertiary/aromatic N) is 4. The quantitative estimate of drug-likeness (QED) is 0.682. The average molecular weight is 459 g/mol. The average Bonchev–Trinajstić information content (AvgIpc) is 3.29. The smallest absolute Gasteiger partial charge is 0.158 e. The van der Waals surface area contributed by atoms with Gasteiger partial charge in [-0.1, -0.05) is 35.4 Å². The molecule has 1 aromatic carbocycles. The van der Waals surface area contributed by atoms with Crippen LogP contribution in [0.15, 0.2) is 30.5 Å². The number of benzene rings is 1. The normalized spacial score (nSPS) is 19.8. The van der Waals surface area contributed by atoms with Gasteiger partial charge < -0.3 is 19.8 Å². The van der Waals surface area contributed by atoms with Crippen LogP contribution in [0.2, 0.25) is 10.0 Å². The van der Waals surface area contributed by atoms with E-state index in [2.05, 4.69) is 31.8 Å². The fourth-order valence-electron chi connectivity index (χ4n) is 5.24. The molecule has 1 aromatic heterocycles. The molecule has 5 nitrogen and oxygen atoms in total. The SMILES string of the molecule is Oc1cnc(N2CCC(N3CCCC3)CC2)c2c1N(Cc1cc(Cl)cc(Cl)c1)CC=C2. The first-order valence-electron chi connectivity index (χ1n) is 11.2. The first-order chi connectivity index (χ1) is 15.1. The van der Waals surface area contributed by atoms with Gasteiger partial charge in [0.1, 0.15) is 5.82 Å². The van der Waals surface area contributed by atoms with Crippen molar-refractivity contribution in [2.75, 3.05) is 42.5 Å². The summed E-state index contributed by atoms with van der Waals surface area (Å²) in [7, 11) is 0. The molecular weight excluding hydrogens is 431 g/mol. The predicted octanol–water partition coefficient (Wildman–Crippen LogP) is 5.19. The van der Waals surface area contributed by atoms with E-state index in [1.807, 2.05) is 12.1 Å². The summed E-state index contributed by atoms with van der Waals surface area (Å²) in [6.07, 6.45) is 10.9. The Morgan fingerprint density at radius 1 is 1.00 bits per heavy atom. The van der Waals surface area contributed by atoms with E-state index in [1.54, 1.807) is 12.3 Å². The van der Waals surface area contributed by atoms with E-state index in [-0.39, 0.29) is 5.75 Å². The lowest BCUT2D eigenvalue weighted by Gasteiger charge is -2.39. The molecular formula is C24H28Cl2N4O. The van der Waals surface area contributed by atoms with Crippen LogP contribution in [0.5, 0.6) is 5.75 Å². The molecule has 31 heavy (non-hydrogen) atoms. The molecule has 3 aliphatic rings. The highest BCUT2D eigenvalue weighted by molar-refractivity contribution is 6.34. The van der Waals surface area contributed by atoms with Gasteiger partial charge in [-0.3, -0.25) is 0 Å². The highest BCUT2D eigenvalue weighted by Crippen LogP contribution is 2.41. The summed E-state index contributed by atoms with van der Waals surface area (Å²) < 4.78 is 0. The number of aromatic hydroxyl groups is 1. The number of fused-ring (bicyclic) bond motifs is 1. The first kappa shape index (κ1) is 20.9. The Morgan fingerprint density at radius 2 is 1.71 bits per heavy atom. The number of anilines is 2. The van der Waals surface area contributed by atoms with Crippen LogP contribution in [0.3, 0.4) is 0 Å². The summed E-state index contributed by atoms with van der Waals surface area (Å²) in [5, 5.41) is 11.9. The largest absolute Gasteiger partial charge is 0.504 e. The van der Waals surface area contributed by atoms with Crippen LogP contribution < -0.4 is 9.80 Å². The van der Waals surface area contributed by atoms with Gasteiger partial charge in [-0.05, 0) is 62.5 Å². The third-order valence-electron chi connectivity index (χ3n) is 6.69. The Labute approximate surface area is 193 Å². The molecule has 0 radical (unpaired) electrons. The standard InChI is InChI=1S/C24H28Cl2N4O/c25-18-12-17(13-19(26)14-18)16-30-9-3-4-21-23(30)22(31)15-27-24(21)29-10-5-20(6-11-29)28-7-1-2-8-28/h3-4,12-15,20,31H,1-2,5-11,16H2. The zero-order chi connectivity index (χ0) is 21.4. The summed E-state index contributed by atoms with van der Waals surface area (Å²) >= 11 is 12.4. The molecule has 4 heterocycles. The van der Waals surface area contributed by atoms with Gasteiger partial charge in [0, 0.05) is 47.8 Å². The number of likely N-dealkylation sites (tertiary alicyclic amines) is 1. The molecule has 0 atom stereocenters. The van der Waals surface area contributed by atoms with Crippen LogP contribution in [0.1, 0.15) is 36.8 Å². The fraction of sp³-hybridized carbons (Fsp3) is 0.458. The van der Waals surface area contributed by atoms with Crippen LogP contribution in [-0.2, 0) is 6.54 Å². The summed E-state index contributed by atoms with van der Waals surface area (Å²) in [6.45, 7) is 5.84. The molecule has 2 saturated heterocycles. The molecule has 0 unspecified atom stereocenters. The maximum atomic E-state index is 10.7. The van der Waals surface area contributed by atoms with Crippen LogP contribution >= 0.6 is 23.2 Å². The van der Waals surface area contributed by atoms with Crippen LogP contribution in [-0.4, -0.2) is 53.8 Å². The Morgan fingerprint density at radius 3 is 2.42 bits per heavy atom. The van der Waals surface area contributed by atoms with E-state index in [1.165, 1.54) is 38.8 Å². The molecule has 0 bridgehead atoms. The summed E-state index contributed by atoms with van der Waals surface area (Å²) in [5.74, 6) is 1.18. The minimum atomic E-state index is 0.211. The lowest BCUT2D eigenvalue weighted by molar-refractivity contribution is 0.207. The zero-order valence-corrected chi connectivity index (χ0v) is 19.1. The number of hydrogen-bond donors (Lipinski definition) is 1. The second-order valence-electron chi connectivity index (χ2n) is 8.75. The van der Waals surface area contributed by atoms with E-state index in [9.17, 15) is 5.11 Å². The molecule has 1 N–H and O–H groups in total. The highest BCUT2D eigenvalue weighted by Gasteiger charge is 2.29. The van der Waals surface area contributed by atoms with E-state index in [4.69, 9.17) is 23.2 Å². The number of pyridine rings is 1. The van der Waals surface area contributed by atoms with Gasteiger partial charge in [0.25, 0.3) is 0 Å². The second kappa shape index (κ2) is 8.89. The summed E-state index contributed by atoms with van der Waals surface area (Å²) in [5.41, 5.74) is 2.85. The van der Waals surface area contributed by atoms with Crippen molar-refractivity contribution in [1.29, 1.82) is 0 Å². The van der Waals surface area contributed by atoms with E-state index < -0.39 is 0 Å². The molecule has 5 rings (SSSR count). The van der Waals surface area contributed by atoms with E-state index >= 15 is 0 Å². The molecule has 0 aliphatic carbocycles. The van der Waals surface area contributed by atoms with Gasteiger partial charge >= 0.3 is 0 Å². The molecule has 164 valence electrons. The van der Waals surface area contributed by atoms with Gasteiger partial charge in [-0.25, -0.2) is 4.98 Å². The highest BCUT2D eigenvalue weighted by atomic mass is 35.5. The summed E-state index contributed by atoms with van der Waals surface area (Å²) in [6, 6.07) is 6.29. The van der Waals surface area contributed by atoms with Gasteiger partial charge in [0.05, 0.1) is 11.9 Å². The third-order valence-corrected chi connectivity index (χ3v) is 7.13. The summed E-state index contributed by atoms with van der Waals surface area (Å²) in [4.78, 5) is 11.9. The van der Waals surface area contributed by atoms with Crippen molar-refractivity contribution in [2.24, 2.45) is 0 Å². The third kappa shape index (κ3) is 4.36. The van der Waals surface area contributed by atoms with Crippen molar-refractivity contribution in [2.45, 2.75) is 38.3 Å². The van der Waals surface area contributed by atoms with Gasteiger partial charge in [0.15, 0.2) is 5.75 Å². The molecule has 2 aromatic rings. The molecule has 0 amide bonds. The van der Waals surface area contributed by atoms with Gasteiger partial charge in [-0.2, -0.15) is 0 Å². The van der Waals surface area contributed by atoms with E-state index in [0.29, 0.717) is 29.2 Å². The van der Waals surface area contributed by atoms with Crippen molar-refractivity contribution >= 4 is 40.8 Å². The fourth-order valence-corrected chi connectivity index (χ4v) is 5.81. The molecule has 0 spiro atoms.